The minimum Gasteiger partial charge on any atom is -0.369 e. The number of piperazine rings is 1. The van der Waals surface area contributed by atoms with Gasteiger partial charge in [0, 0.05) is 51.0 Å². The maximum absolute atomic E-state index is 13.0. The lowest BCUT2D eigenvalue weighted by molar-refractivity contribution is -0.384. The van der Waals surface area contributed by atoms with Crippen LogP contribution in [0.25, 0.3) is 0 Å². The van der Waals surface area contributed by atoms with Crippen LogP contribution in [0.3, 0.4) is 0 Å². The quantitative estimate of drug-likeness (QED) is 0.470. The van der Waals surface area contributed by atoms with E-state index in [0.717, 1.165) is 31.6 Å². The number of nitro groups is 1. The number of rotatable bonds is 5. The van der Waals surface area contributed by atoms with Gasteiger partial charge < -0.3 is 9.80 Å². The van der Waals surface area contributed by atoms with Crippen LogP contribution in [-0.4, -0.2) is 56.9 Å². The Kier molecular flexibility index (Phi) is 6.30. The minimum absolute atomic E-state index is 0.103. The molecule has 0 N–H and O–H groups in total. The molecule has 11 heteroatoms. The van der Waals surface area contributed by atoms with E-state index in [4.69, 9.17) is 23.2 Å². The van der Waals surface area contributed by atoms with Gasteiger partial charge in [-0.15, -0.1) is 0 Å². The molecule has 0 spiro atoms. The summed E-state index contributed by atoms with van der Waals surface area (Å²) in [5.41, 5.74) is 1.59. The molecule has 2 aromatic carbocycles. The van der Waals surface area contributed by atoms with Crippen molar-refractivity contribution in [2.24, 2.45) is 0 Å². The summed E-state index contributed by atoms with van der Waals surface area (Å²) in [4.78, 5) is 15.3. The Labute approximate surface area is 191 Å². The monoisotopic (exact) mass is 484 g/mol. The number of halogens is 2. The van der Waals surface area contributed by atoms with Gasteiger partial charge in [0.25, 0.3) is 5.69 Å². The Hall–Kier alpha value is -2.07. The summed E-state index contributed by atoms with van der Waals surface area (Å²) < 4.78 is 27.4. The van der Waals surface area contributed by atoms with Crippen molar-refractivity contribution in [3.8, 4) is 0 Å². The molecule has 0 amide bonds. The largest absolute Gasteiger partial charge is 0.369 e. The molecular weight excluding hydrogens is 463 g/mol. The number of benzene rings is 2. The predicted molar refractivity (Wildman–Crippen MR) is 122 cm³/mol. The molecule has 2 aliphatic heterocycles. The summed E-state index contributed by atoms with van der Waals surface area (Å²) in [5.74, 6) is 0. The molecule has 31 heavy (non-hydrogen) atoms. The molecule has 0 aliphatic carbocycles. The first kappa shape index (κ1) is 22.1. The fourth-order valence-corrected chi connectivity index (χ4v) is 5.86. The third-order valence-electron chi connectivity index (χ3n) is 5.74. The summed E-state index contributed by atoms with van der Waals surface area (Å²) in [7, 11) is -3.68. The van der Waals surface area contributed by atoms with Crippen LogP contribution < -0.4 is 9.80 Å². The van der Waals surface area contributed by atoms with Crippen molar-refractivity contribution in [2.75, 3.05) is 49.1 Å². The summed E-state index contributed by atoms with van der Waals surface area (Å²) in [6.45, 7) is 3.19. The number of hydrogen-bond donors (Lipinski definition) is 0. The number of nitrogens with zero attached hydrogens (tertiary/aromatic N) is 4. The topological polar surface area (TPSA) is 87.0 Å². The number of sulfonamides is 1. The molecule has 0 unspecified atom stereocenters. The van der Waals surface area contributed by atoms with Crippen LogP contribution in [0.1, 0.15) is 12.8 Å². The van der Waals surface area contributed by atoms with Gasteiger partial charge in [-0.05, 0) is 43.2 Å². The van der Waals surface area contributed by atoms with Crippen molar-refractivity contribution in [1.29, 1.82) is 0 Å². The van der Waals surface area contributed by atoms with Crippen molar-refractivity contribution in [3.05, 3.63) is 56.6 Å². The zero-order chi connectivity index (χ0) is 22.2. The van der Waals surface area contributed by atoms with E-state index in [1.807, 2.05) is 11.0 Å². The molecule has 2 aromatic rings. The zero-order valence-corrected chi connectivity index (χ0v) is 19.0. The highest BCUT2D eigenvalue weighted by atomic mass is 35.5. The second-order valence-electron chi connectivity index (χ2n) is 7.59. The third-order valence-corrected chi connectivity index (χ3v) is 8.37. The van der Waals surface area contributed by atoms with Crippen LogP contribution >= 0.6 is 23.2 Å². The molecule has 2 saturated heterocycles. The van der Waals surface area contributed by atoms with E-state index in [0.29, 0.717) is 36.9 Å². The van der Waals surface area contributed by atoms with Gasteiger partial charge in [0.1, 0.15) is 5.69 Å². The molecule has 0 atom stereocenters. The average molecular weight is 485 g/mol. The highest BCUT2D eigenvalue weighted by molar-refractivity contribution is 7.89. The maximum atomic E-state index is 13.0. The van der Waals surface area contributed by atoms with Gasteiger partial charge >= 0.3 is 0 Å². The molecule has 2 heterocycles. The summed E-state index contributed by atoms with van der Waals surface area (Å²) >= 11 is 11.9. The second kappa shape index (κ2) is 8.82. The smallest absolute Gasteiger partial charge is 0.292 e. The predicted octanol–water partition coefficient (Wildman–Crippen LogP) is 4.01. The third kappa shape index (κ3) is 4.45. The molecule has 0 bridgehead atoms. The molecule has 4 rings (SSSR count). The van der Waals surface area contributed by atoms with E-state index < -0.39 is 10.0 Å². The molecule has 0 aromatic heterocycles. The number of nitro benzene ring substituents is 1. The fourth-order valence-electron chi connectivity index (χ4n) is 4.05. The van der Waals surface area contributed by atoms with Crippen LogP contribution in [0.5, 0.6) is 0 Å². The van der Waals surface area contributed by atoms with Crippen molar-refractivity contribution in [1.82, 2.24) is 4.31 Å². The minimum atomic E-state index is -3.68. The number of anilines is 2. The summed E-state index contributed by atoms with van der Waals surface area (Å²) in [5, 5.41) is 12.0. The standard InChI is InChI=1S/C20H22Cl2N4O4S/c21-17-5-4-16(14-18(17)22)31(29,30)25-11-9-23(10-12-25)15-3-6-19(26(27)28)20(13-15)24-7-1-2-8-24/h3-6,13-14H,1-2,7-12H2. The lowest BCUT2D eigenvalue weighted by Gasteiger charge is -2.35. The molecule has 2 aliphatic rings. The van der Waals surface area contributed by atoms with Crippen LogP contribution in [0.15, 0.2) is 41.3 Å². The van der Waals surface area contributed by atoms with Gasteiger partial charge in [-0.25, -0.2) is 8.42 Å². The van der Waals surface area contributed by atoms with E-state index in [9.17, 15) is 18.5 Å². The molecule has 0 radical (unpaired) electrons. The summed E-state index contributed by atoms with van der Waals surface area (Å²) in [6.07, 6.45) is 2.04. The van der Waals surface area contributed by atoms with Gasteiger partial charge in [-0.1, -0.05) is 23.2 Å². The first-order chi connectivity index (χ1) is 14.8. The lowest BCUT2D eigenvalue weighted by Crippen LogP contribution is -2.48. The fraction of sp³-hybridized carbons (Fsp3) is 0.400. The van der Waals surface area contributed by atoms with E-state index in [1.165, 1.54) is 22.5 Å². The molecule has 8 nitrogen and oxygen atoms in total. The van der Waals surface area contributed by atoms with Gasteiger partial charge in [-0.3, -0.25) is 10.1 Å². The zero-order valence-electron chi connectivity index (χ0n) is 16.7. The van der Waals surface area contributed by atoms with Crippen LogP contribution in [0.2, 0.25) is 10.0 Å². The Morgan fingerprint density at radius 2 is 1.52 bits per heavy atom. The SMILES string of the molecule is O=[N+]([O-])c1ccc(N2CCN(S(=O)(=O)c3ccc(Cl)c(Cl)c3)CC2)cc1N1CCCC1. The van der Waals surface area contributed by atoms with Crippen LogP contribution in [0, 0.1) is 10.1 Å². The van der Waals surface area contributed by atoms with Crippen LogP contribution in [0.4, 0.5) is 17.1 Å². The second-order valence-corrected chi connectivity index (χ2v) is 10.3. The number of hydrogen-bond acceptors (Lipinski definition) is 6. The van der Waals surface area contributed by atoms with Gasteiger partial charge in [-0.2, -0.15) is 4.31 Å². The van der Waals surface area contributed by atoms with Crippen LogP contribution in [-0.2, 0) is 10.0 Å². The van der Waals surface area contributed by atoms with Crippen molar-refractivity contribution >= 4 is 50.3 Å². The van der Waals surface area contributed by atoms with E-state index in [1.54, 1.807) is 12.1 Å². The highest BCUT2D eigenvalue weighted by Gasteiger charge is 2.30. The summed E-state index contributed by atoms with van der Waals surface area (Å²) in [6, 6.07) is 9.43. The van der Waals surface area contributed by atoms with E-state index in [2.05, 4.69) is 4.90 Å². The molecule has 0 saturated carbocycles. The maximum Gasteiger partial charge on any atom is 0.292 e. The van der Waals surface area contributed by atoms with Crippen molar-refractivity contribution < 1.29 is 13.3 Å². The van der Waals surface area contributed by atoms with E-state index >= 15 is 0 Å². The first-order valence-electron chi connectivity index (χ1n) is 10.0. The molecular formula is C20H22Cl2N4O4S. The Balaban J connectivity index is 1.51. The highest BCUT2D eigenvalue weighted by Crippen LogP contribution is 2.35. The Bertz CT molecular complexity index is 1100. The molecule has 166 valence electrons. The normalized spacial score (nSPS) is 17.9. The average Bonchev–Trinajstić information content (AvgIpc) is 3.30. The lowest BCUT2D eigenvalue weighted by atomic mass is 10.2. The van der Waals surface area contributed by atoms with Gasteiger partial charge in [0.05, 0.1) is 19.9 Å². The van der Waals surface area contributed by atoms with Gasteiger partial charge in [0.15, 0.2) is 0 Å². The Morgan fingerprint density at radius 1 is 0.839 bits per heavy atom. The molecule has 2 fully saturated rings. The van der Waals surface area contributed by atoms with Gasteiger partial charge in [0.2, 0.25) is 10.0 Å². The Morgan fingerprint density at radius 3 is 2.13 bits per heavy atom. The first-order valence-corrected chi connectivity index (χ1v) is 12.2. The van der Waals surface area contributed by atoms with E-state index in [-0.39, 0.29) is 20.5 Å². The van der Waals surface area contributed by atoms with Crippen molar-refractivity contribution in [3.63, 3.8) is 0 Å². The van der Waals surface area contributed by atoms with Crippen molar-refractivity contribution in [2.45, 2.75) is 17.7 Å².